The second-order valence-electron chi connectivity index (χ2n) is 17.1. The van der Waals surface area contributed by atoms with Gasteiger partial charge in [-0.25, -0.2) is 0 Å². The van der Waals surface area contributed by atoms with Crippen LogP contribution in [0.25, 0.3) is 0 Å². The van der Waals surface area contributed by atoms with Crippen molar-refractivity contribution in [1.82, 2.24) is 0 Å². The molecule has 1 unspecified atom stereocenters. The molecule has 2 fully saturated rings. The average Bonchev–Trinajstić information content (AvgIpc) is 3.07. The number of hydrogen-bond donors (Lipinski definition) is 1. The van der Waals surface area contributed by atoms with Crippen LogP contribution < -0.4 is 9.47 Å². The van der Waals surface area contributed by atoms with Crippen LogP contribution in [0.1, 0.15) is 110 Å². The maximum absolute atomic E-state index is 11.1. The van der Waals surface area contributed by atoms with E-state index in [0.29, 0.717) is 42.4 Å². The maximum atomic E-state index is 11.1. The highest BCUT2D eigenvalue weighted by Crippen LogP contribution is 2.62. The zero-order valence-electron chi connectivity index (χ0n) is 32.4. The Morgan fingerprint density at radius 2 is 1.24 bits per heavy atom. The van der Waals surface area contributed by atoms with Crippen molar-refractivity contribution < 1.29 is 19.0 Å². The van der Waals surface area contributed by atoms with Gasteiger partial charge in [0.1, 0.15) is 24.7 Å². The fourth-order valence-electron chi connectivity index (χ4n) is 10.1. The standard InChI is InChI=1S/C45H64O4Si/c1-31(2)50(32(3)4,33(5)6)49-30-37-25-40(47-28-35-17-13-11-14-18-35)38(41(26-37)48-29-36-19-15-12-16-20-36)27-39-34(7)21-22-42-44(8,9)43(46)23-24-45(39,42)10/h11-20,25-26,31-33,39,42-43,46H,7,21-24,27-30H2,1-6,8-10H3/t39-,42?,43-,45+/m0/s1. The van der Waals surface area contributed by atoms with Gasteiger partial charge in [-0.2, -0.15) is 0 Å². The number of benzene rings is 3. The van der Waals surface area contributed by atoms with E-state index in [0.717, 1.165) is 65.9 Å². The SMILES string of the molecule is C=C1CCC2C(C)(C)[C@@H](O)CC[C@]2(C)[C@H]1Cc1c(OCc2ccccc2)cc(CO[Si](C(C)C)(C(C)C)C(C)C)cc1OCc1ccccc1. The van der Waals surface area contributed by atoms with Crippen LogP contribution in [0.15, 0.2) is 84.9 Å². The van der Waals surface area contributed by atoms with Gasteiger partial charge < -0.3 is 19.0 Å². The summed E-state index contributed by atoms with van der Waals surface area (Å²) in [6.45, 7) is 27.3. The molecule has 4 nitrogen and oxygen atoms in total. The molecular weight excluding hydrogens is 633 g/mol. The smallest absolute Gasteiger partial charge is 0.200 e. The van der Waals surface area contributed by atoms with E-state index in [4.69, 9.17) is 20.5 Å². The lowest BCUT2D eigenvalue weighted by molar-refractivity contribution is -0.123. The summed E-state index contributed by atoms with van der Waals surface area (Å²) in [7, 11) is -2.11. The second kappa shape index (κ2) is 15.8. The minimum Gasteiger partial charge on any atom is -0.488 e. The Hall–Kier alpha value is -2.86. The Bertz CT molecular complexity index is 1480. The lowest BCUT2D eigenvalue weighted by Crippen LogP contribution is -2.55. The van der Waals surface area contributed by atoms with Crippen LogP contribution in [0.3, 0.4) is 0 Å². The molecular formula is C45H64O4Si. The van der Waals surface area contributed by atoms with E-state index in [-0.39, 0.29) is 22.9 Å². The van der Waals surface area contributed by atoms with Crippen molar-refractivity contribution in [3.8, 4) is 11.5 Å². The van der Waals surface area contributed by atoms with Gasteiger partial charge in [0.15, 0.2) is 0 Å². The first kappa shape index (κ1) is 38.4. The van der Waals surface area contributed by atoms with Crippen molar-refractivity contribution >= 4 is 8.32 Å². The number of rotatable bonds is 14. The molecule has 0 aliphatic heterocycles. The molecule has 2 aliphatic carbocycles. The lowest BCUT2D eigenvalue weighted by Gasteiger charge is -2.59. The minimum atomic E-state index is -2.11. The monoisotopic (exact) mass is 696 g/mol. The Morgan fingerprint density at radius 1 is 0.740 bits per heavy atom. The van der Waals surface area contributed by atoms with Gasteiger partial charge in [0.25, 0.3) is 0 Å². The van der Waals surface area contributed by atoms with Crippen molar-refractivity contribution in [2.45, 2.75) is 137 Å². The topological polar surface area (TPSA) is 47.9 Å². The van der Waals surface area contributed by atoms with Gasteiger partial charge in [-0.05, 0) is 100 Å². The average molecular weight is 697 g/mol. The molecule has 2 aliphatic rings. The number of ether oxygens (including phenoxy) is 2. The summed E-state index contributed by atoms with van der Waals surface area (Å²) < 4.78 is 20.8. The Balaban J connectivity index is 1.59. The molecule has 272 valence electrons. The number of aliphatic hydroxyl groups is 1. The molecule has 0 heterocycles. The number of fused-ring (bicyclic) bond motifs is 1. The van der Waals surface area contributed by atoms with E-state index >= 15 is 0 Å². The molecule has 2 saturated carbocycles. The highest BCUT2D eigenvalue weighted by Gasteiger charge is 2.56. The quantitative estimate of drug-likeness (QED) is 0.135. The summed E-state index contributed by atoms with van der Waals surface area (Å²) in [6, 6.07) is 25.3. The predicted octanol–water partition coefficient (Wildman–Crippen LogP) is 11.8. The van der Waals surface area contributed by atoms with E-state index in [1.807, 2.05) is 12.1 Å². The molecule has 50 heavy (non-hydrogen) atoms. The number of allylic oxidation sites excluding steroid dienone is 1. The van der Waals surface area contributed by atoms with Gasteiger partial charge in [-0.15, -0.1) is 0 Å². The zero-order chi connectivity index (χ0) is 36.3. The first-order valence-corrected chi connectivity index (χ1v) is 21.3. The molecule has 0 aromatic heterocycles. The summed E-state index contributed by atoms with van der Waals surface area (Å²) in [4.78, 5) is 0. The lowest BCUT2D eigenvalue weighted by atomic mass is 9.46. The van der Waals surface area contributed by atoms with E-state index in [9.17, 15) is 5.11 Å². The van der Waals surface area contributed by atoms with E-state index in [1.54, 1.807) is 0 Å². The van der Waals surface area contributed by atoms with Gasteiger partial charge in [-0.1, -0.05) is 135 Å². The van der Waals surface area contributed by atoms with E-state index in [2.05, 4.69) is 123 Å². The molecule has 0 bridgehead atoms. The Labute approximate surface area is 304 Å². The molecule has 5 heteroatoms. The van der Waals surface area contributed by atoms with Crippen LogP contribution in [0, 0.1) is 22.7 Å². The van der Waals surface area contributed by atoms with Crippen LogP contribution >= 0.6 is 0 Å². The van der Waals surface area contributed by atoms with E-state index < -0.39 is 8.32 Å². The molecule has 1 N–H and O–H groups in total. The summed E-state index contributed by atoms with van der Waals surface area (Å²) in [6.07, 6.45) is 4.39. The first-order chi connectivity index (χ1) is 23.7. The highest BCUT2D eigenvalue weighted by atomic mass is 28.4. The first-order valence-electron chi connectivity index (χ1n) is 19.2. The third-order valence-corrected chi connectivity index (χ3v) is 18.9. The molecule has 4 atom stereocenters. The van der Waals surface area contributed by atoms with Gasteiger partial charge >= 0.3 is 0 Å². The molecule has 0 radical (unpaired) electrons. The predicted molar refractivity (Wildman–Crippen MR) is 210 cm³/mol. The zero-order valence-corrected chi connectivity index (χ0v) is 33.4. The summed E-state index contributed by atoms with van der Waals surface area (Å²) in [5.74, 6) is 2.40. The maximum Gasteiger partial charge on any atom is 0.200 e. The van der Waals surface area contributed by atoms with Gasteiger partial charge in [0.2, 0.25) is 8.32 Å². The molecule has 0 saturated heterocycles. The highest BCUT2D eigenvalue weighted by molar-refractivity contribution is 6.77. The number of aliphatic hydroxyl groups excluding tert-OH is 1. The molecule has 0 spiro atoms. The second-order valence-corrected chi connectivity index (χ2v) is 22.6. The molecule has 5 rings (SSSR count). The minimum absolute atomic E-state index is 0.0181. The van der Waals surface area contributed by atoms with Crippen LogP contribution in [-0.4, -0.2) is 19.5 Å². The van der Waals surface area contributed by atoms with Crippen molar-refractivity contribution in [2.24, 2.45) is 22.7 Å². The van der Waals surface area contributed by atoms with E-state index in [1.165, 1.54) is 5.57 Å². The number of hydrogen-bond acceptors (Lipinski definition) is 4. The normalized spacial score (nSPS) is 23.7. The van der Waals surface area contributed by atoms with Crippen LogP contribution in [0.2, 0.25) is 16.6 Å². The Morgan fingerprint density at radius 3 is 1.72 bits per heavy atom. The van der Waals surface area contributed by atoms with Crippen LogP contribution in [0.5, 0.6) is 11.5 Å². The molecule has 3 aromatic carbocycles. The molecule has 3 aromatic rings. The van der Waals surface area contributed by atoms with Crippen LogP contribution in [-0.2, 0) is 30.7 Å². The van der Waals surface area contributed by atoms with Crippen molar-refractivity contribution in [3.63, 3.8) is 0 Å². The Kier molecular flexibility index (Phi) is 12.1. The van der Waals surface area contributed by atoms with Crippen molar-refractivity contribution in [1.29, 1.82) is 0 Å². The third kappa shape index (κ3) is 7.81. The van der Waals surface area contributed by atoms with Crippen molar-refractivity contribution in [3.05, 3.63) is 107 Å². The van der Waals surface area contributed by atoms with Gasteiger partial charge in [0.05, 0.1) is 12.7 Å². The molecule has 0 amide bonds. The largest absolute Gasteiger partial charge is 0.488 e. The fourth-order valence-corrected chi connectivity index (χ4v) is 15.6. The third-order valence-electron chi connectivity index (χ3n) is 12.9. The summed E-state index contributed by atoms with van der Waals surface area (Å²) in [5.41, 5.74) is 7.13. The van der Waals surface area contributed by atoms with Gasteiger partial charge in [-0.3, -0.25) is 0 Å². The summed E-state index contributed by atoms with van der Waals surface area (Å²) >= 11 is 0. The van der Waals surface area contributed by atoms with Crippen molar-refractivity contribution in [2.75, 3.05) is 0 Å². The fraction of sp³-hybridized carbons (Fsp3) is 0.556. The summed E-state index contributed by atoms with van der Waals surface area (Å²) in [5, 5.41) is 11.1. The van der Waals surface area contributed by atoms with Gasteiger partial charge in [0, 0.05) is 5.56 Å². The van der Waals surface area contributed by atoms with Crippen LogP contribution in [0.4, 0.5) is 0 Å².